The summed E-state index contributed by atoms with van der Waals surface area (Å²) in [5, 5.41) is 3.35. The van der Waals surface area contributed by atoms with E-state index in [1.807, 2.05) is 0 Å². The van der Waals surface area contributed by atoms with Crippen LogP contribution in [-0.2, 0) is 0 Å². The van der Waals surface area contributed by atoms with Crippen LogP contribution in [0.2, 0.25) is 0 Å². The van der Waals surface area contributed by atoms with E-state index in [4.69, 9.17) is 10.6 Å². The topological polar surface area (TPSA) is 98.0 Å². The number of aromatic nitrogens is 3. The summed E-state index contributed by atoms with van der Waals surface area (Å²) in [5.41, 5.74) is 2.41. The Hall–Kier alpha value is -1.63. The van der Waals surface area contributed by atoms with Gasteiger partial charge in [-0.2, -0.15) is 15.0 Å². The molecule has 2 unspecified atom stereocenters. The lowest BCUT2D eigenvalue weighted by Crippen LogP contribution is -2.31. The molecule has 2 rings (SSSR count). The number of methoxy groups -OCH3 is 1. The summed E-state index contributed by atoms with van der Waals surface area (Å²) >= 11 is 0. The molecule has 19 heavy (non-hydrogen) atoms. The van der Waals surface area contributed by atoms with E-state index < -0.39 is 0 Å². The van der Waals surface area contributed by atoms with Gasteiger partial charge in [-0.05, 0) is 31.1 Å². The molecule has 1 saturated carbocycles. The summed E-state index contributed by atoms with van der Waals surface area (Å²) < 4.78 is 5.03. The van der Waals surface area contributed by atoms with Gasteiger partial charge < -0.3 is 10.1 Å². The summed E-state index contributed by atoms with van der Waals surface area (Å²) in [6, 6.07) is 0.638. The summed E-state index contributed by atoms with van der Waals surface area (Å²) in [5.74, 6) is 7.58. The number of hydrogen-bond donors (Lipinski definition) is 3. The van der Waals surface area contributed by atoms with Crippen LogP contribution in [-0.4, -0.2) is 28.1 Å². The van der Waals surface area contributed by atoms with Gasteiger partial charge in [0, 0.05) is 6.04 Å². The Kier molecular flexibility index (Phi) is 4.36. The molecule has 0 spiro atoms. The van der Waals surface area contributed by atoms with Crippen molar-refractivity contribution in [2.24, 2.45) is 17.7 Å². The third kappa shape index (κ3) is 3.66. The standard InChI is InChI=1S/C12H22N6O/c1-7-4-8(2)6-9(5-7)14-10-15-11(18-13)17-12(16-10)19-3/h7-9H,4-6,13H2,1-3H3,(H2,14,15,16,17,18). The monoisotopic (exact) mass is 266 g/mol. The Morgan fingerprint density at radius 2 is 1.68 bits per heavy atom. The molecule has 1 aliphatic carbocycles. The fraction of sp³-hybridized carbons (Fsp3) is 0.750. The lowest BCUT2D eigenvalue weighted by Gasteiger charge is -2.31. The maximum atomic E-state index is 5.33. The number of nitrogens with one attached hydrogen (secondary N) is 2. The average molecular weight is 266 g/mol. The number of ether oxygens (including phenoxy) is 1. The van der Waals surface area contributed by atoms with E-state index >= 15 is 0 Å². The number of nitrogens with two attached hydrogens (primary N) is 1. The molecule has 1 fully saturated rings. The highest BCUT2D eigenvalue weighted by molar-refractivity contribution is 5.35. The van der Waals surface area contributed by atoms with Crippen LogP contribution in [0.15, 0.2) is 0 Å². The number of rotatable bonds is 4. The Morgan fingerprint density at radius 3 is 2.26 bits per heavy atom. The van der Waals surface area contributed by atoms with Crippen LogP contribution in [0.4, 0.5) is 11.9 Å². The van der Waals surface area contributed by atoms with Crippen molar-refractivity contribution in [1.82, 2.24) is 15.0 Å². The molecule has 1 aromatic rings. The first-order chi connectivity index (χ1) is 9.10. The van der Waals surface area contributed by atoms with Crippen molar-refractivity contribution >= 4 is 11.9 Å². The first kappa shape index (κ1) is 13.8. The van der Waals surface area contributed by atoms with Crippen molar-refractivity contribution < 1.29 is 4.74 Å². The molecule has 1 heterocycles. The number of nitrogens with zero attached hydrogens (tertiary/aromatic N) is 3. The molecule has 7 nitrogen and oxygen atoms in total. The van der Waals surface area contributed by atoms with E-state index in [1.54, 1.807) is 0 Å². The van der Waals surface area contributed by atoms with Gasteiger partial charge in [0.1, 0.15) is 0 Å². The summed E-state index contributed by atoms with van der Waals surface area (Å²) in [6.45, 7) is 4.57. The zero-order chi connectivity index (χ0) is 13.8. The molecule has 4 N–H and O–H groups in total. The fourth-order valence-electron chi connectivity index (χ4n) is 2.82. The predicted molar refractivity (Wildman–Crippen MR) is 73.8 cm³/mol. The Morgan fingerprint density at radius 1 is 1.05 bits per heavy atom. The molecular weight excluding hydrogens is 244 g/mol. The zero-order valence-electron chi connectivity index (χ0n) is 11.7. The van der Waals surface area contributed by atoms with E-state index in [2.05, 4.69) is 39.5 Å². The second-order valence-electron chi connectivity index (χ2n) is 5.37. The lowest BCUT2D eigenvalue weighted by atomic mass is 9.80. The lowest BCUT2D eigenvalue weighted by molar-refractivity contribution is 0.280. The highest BCUT2D eigenvalue weighted by Gasteiger charge is 2.24. The third-order valence-electron chi connectivity index (χ3n) is 3.44. The minimum absolute atomic E-state index is 0.252. The van der Waals surface area contributed by atoms with Crippen molar-refractivity contribution in [1.29, 1.82) is 0 Å². The van der Waals surface area contributed by atoms with Crippen LogP contribution in [0.5, 0.6) is 6.01 Å². The van der Waals surface area contributed by atoms with E-state index in [0.717, 1.165) is 24.7 Å². The molecule has 0 aromatic carbocycles. The van der Waals surface area contributed by atoms with Crippen molar-refractivity contribution in [2.45, 2.75) is 39.2 Å². The van der Waals surface area contributed by atoms with Crippen molar-refractivity contribution in [3.63, 3.8) is 0 Å². The van der Waals surface area contributed by atoms with Crippen LogP contribution >= 0.6 is 0 Å². The first-order valence-electron chi connectivity index (χ1n) is 6.64. The van der Waals surface area contributed by atoms with Crippen LogP contribution in [0, 0.1) is 11.8 Å². The normalized spacial score (nSPS) is 26.8. The van der Waals surface area contributed by atoms with Gasteiger partial charge in [-0.1, -0.05) is 13.8 Å². The SMILES string of the molecule is COc1nc(NN)nc(NC2CC(C)CC(C)C2)n1. The Balaban J connectivity index is 2.09. The summed E-state index contributed by atoms with van der Waals surface area (Å²) in [6.07, 6.45) is 3.54. The minimum Gasteiger partial charge on any atom is -0.467 e. The average Bonchev–Trinajstić information content (AvgIpc) is 2.37. The highest BCUT2D eigenvalue weighted by atomic mass is 16.5. The minimum atomic E-state index is 0.252. The van der Waals surface area contributed by atoms with Gasteiger partial charge in [-0.3, -0.25) is 5.43 Å². The van der Waals surface area contributed by atoms with Gasteiger partial charge in [0.05, 0.1) is 7.11 Å². The summed E-state index contributed by atoms with van der Waals surface area (Å²) in [7, 11) is 1.52. The second-order valence-corrected chi connectivity index (χ2v) is 5.37. The maximum Gasteiger partial charge on any atom is 0.322 e. The number of hydrazine groups is 1. The molecule has 0 saturated heterocycles. The van der Waals surface area contributed by atoms with Gasteiger partial charge in [-0.15, -0.1) is 0 Å². The number of nitrogen functional groups attached to an aromatic ring is 1. The summed E-state index contributed by atoms with van der Waals surface area (Å²) in [4.78, 5) is 12.4. The van der Waals surface area contributed by atoms with Gasteiger partial charge in [0.25, 0.3) is 0 Å². The molecule has 1 aliphatic rings. The number of hydrogen-bond acceptors (Lipinski definition) is 7. The fourth-order valence-corrected chi connectivity index (χ4v) is 2.82. The largest absolute Gasteiger partial charge is 0.467 e. The van der Waals surface area contributed by atoms with E-state index in [1.165, 1.54) is 13.5 Å². The van der Waals surface area contributed by atoms with Gasteiger partial charge in [-0.25, -0.2) is 5.84 Å². The van der Waals surface area contributed by atoms with E-state index in [0.29, 0.717) is 17.9 Å². The van der Waals surface area contributed by atoms with Crippen molar-refractivity contribution in [3.8, 4) is 6.01 Å². The van der Waals surface area contributed by atoms with Gasteiger partial charge >= 0.3 is 6.01 Å². The number of anilines is 2. The molecule has 106 valence electrons. The molecular formula is C12H22N6O. The Labute approximate surface area is 113 Å². The van der Waals surface area contributed by atoms with Crippen molar-refractivity contribution in [3.05, 3.63) is 0 Å². The van der Waals surface area contributed by atoms with Crippen LogP contribution in [0.3, 0.4) is 0 Å². The van der Waals surface area contributed by atoms with Crippen LogP contribution < -0.4 is 21.3 Å². The smallest absolute Gasteiger partial charge is 0.322 e. The molecule has 2 atom stereocenters. The van der Waals surface area contributed by atoms with E-state index in [9.17, 15) is 0 Å². The van der Waals surface area contributed by atoms with Crippen LogP contribution in [0.25, 0.3) is 0 Å². The molecule has 1 aromatic heterocycles. The second kappa shape index (κ2) is 6.01. The molecule has 0 aliphatic heterocycles. The predicted octanol–water partition coefficient (Wildman–Crippen LogP) is 1.40. The van der Waals surface area contributed by atoms with E-state index in [-0.39, 0.29) is 6.01 Å². The Bertz CT molecular complexity index is 394. The van der Waals surface area contributed by atoms with Gasteiger partial charge in [0.15, 0.2) is 0 Å². The maximum absolute atomic E-state index is 5.33. The van der Waals surface area contributed by atoms with Crippen molar-refractivity contribution in [2.75, 3.05) is 17.9 Å². The third-order valence-corrected chi connectivity index (χ3v) is 3.44. The quantitative estimate of drug-likeness (QED) is 0.559. The van der Waals surface area contributed by atoms with Gasteiger partial charge in [0.2, 0.25) is 11.9 Å². The van der Waals surface area contributed by atoms with Crippen LogP contribution in [0.1, 0.15) is 33.1 Å². The molecule has 7 heteroatoms. The zero-order valence-corrected chi connectivity index (χ0v) is 11.7. The first-order valence-corrected chi connectivity index (χ1v) is 6.64. The molecule has 0 amide bonds. The molecule has 0 bridgehead atoms. The highest BCUT2D eigenvalue weighted by Crippen LogP contribution is 2.30. The molecule has 0 radical (unpaired) electrons.